The number of hydrogen-bond acceptors (Lipinski definition) is 5. The molecule has 6 heteroatoms. The molecule has 0 aliphatic heterocycles. The highest BCUT2D eigenvalue weighted by molar-refractivity contribution is 5.54. The number of benzene rings is 2. The van der Waals surface area contributed by atoms with Gasteiger partial charge in [-0.2, -0.15) is 10.1 Å². The zero-order valence-corrected chi connectivity index (χ0v) is 12.6. The van der Waals surface area contributed by atoms with Gasteiger partial charge in [0.25, 0.3) is 0 Å². The molecular formula is C17H16FN5. The van der Waals surface area contributed by atoms with Crippen LogP contribution >= 0.6 is 0 Å². The first kappa shape index (κ1) is 14.9. The molecule has 2 aromatic carbocycles. The van der Waals surface area contributed by atoms with Gasteiger partial charge in [0.1, 0.15) is 5.82 Å². The standard InChI is InChI=1S/C17H16FN5/c1-12-2-8-15(9-3-12)21-17-22-16(11-20-23-17)19-10-13-4-6-14(18)7-5-13/h2-9,11H,10H2,1H3,(H2,19,21,22,23). The topological polar surface area (TPSA) is 62.7 Å². The second-order valence-corrected chi connectivity index (χ2v) is 5.14. The van der Waals surface area contributed by atoms with Crippen LogP contribution in [-0.2, 0) is 6.54 Å². The summed E-state index contributed by atoms with van der Waals surface area (Å²) in [5.74, 6) is 0.763. The number of hydrogen-bond donors (Lipinski definition) is 2. The van der Waals surface area contributed by atoms with Gasteiger partial charge in [-0.25, -0.2) is 4.39 Å². The average molecular weight is 309 g/mol. The van der Waals surface area contributed by atoms with Gasteiger partial charge in [0.15, 0.2) is 5.82 Å². The average Bonchev–Trinajstić information content (AvgIpc) is 2.57. The molecular weight excluding hydrogens is 293 g/mol. The number of rotatable bonds is 5. The number of halogens is 1. The van der Waals surface area contributed by atoms with Crippen LogP contribution in [0, 0.1) is 12.7 Å². The minimum atomic E-state index is -0.248. The van der Waals surface area contributed by atoms with Crippen LogP contribution in [0.4, 0.5) is 21.8 Å². The lowest BCUT2D eigenvalue weighted by atomic mass is 10.2. The Bertz CT molecular complexity index is 772. The molecule has 0 atom stereocenters. The third-order valence-electron chi connectivity index (χ3n) is 3.25. The van der Waals surface area contributed by atoms with Crippen LogP contribution in [0.2, 0.25) is 0 Å². The van der Waals surface area contributed by atoms with Crippen LogP contribution in [0.1, 0.15) is 11.1 Å². The molecule has 5 nitrogen and oxygen atoms in total. The molecule has 1 aromatic heterocycles. The Kier molecular flexibility index (Phi) is 4.42. The second kappa shape index (κ2) is 6.83. The van der Waals surface area contributed by atoms with E-state index in [4.69, 9.17) is 0 Å². The molecule has 0 saturated heterocycles. The van der Waals surface area contributed by atoms with Crippen LogP contribution in [0.3, 0.4) is 0 Å². The Balaban J connectivity index is 1.65. The summed E-state index contributed by atoms with van der Waals surface area (Å²) in [5, 5.41) is 14.1. The molecule has 3 rings (SSSR count). The third kappa shape index (κ3) is 4.23. The van der Waals surface area contributed by atoms with E-state index in [2.05, 4.69) is 25.8 Å². The first-order chi connectivity index (χ1) is 11.2. The summed E-state index contributed by atoms with van der Waals surface area (Å²) in [7, 11) is 0. The normalized spacial score (nSPS) is 10.3. The van der Waals surface area contributed by atoms with Crippen molar-refractivity contribution >= 4 is 17.5 Å². The molecule has 1 heterocycles. The molecule has 0 aliphatic carbocycles. The van der Waals surface area contributed by atoms with E-state index >= 15 is 0 Å². The van der Waals surface area contributed by atoms with E-state index < -0.39 is 0 Å². The van der Waals surface area contributed by atoms with Gasteiger partial charge in [-0.05, 0) is 36.8 Å². The molecule has 2 N–H and O–H groups in total. The van der Waals surface area contributed by atoms with Crippen molar-refractivity contribution in [2.45, 2.75) is 13.5 Å². The van der Waals surface area contributed by atoms with Gasteiger partial charge >= 0.3 is 0 Å². The maximum absolute atomic E-state index is 12.9. The summed E-state index contributed by atoms with van der Waals surface area (Å²) in [6.07, 6.45) is 1.55. The summed E-state index contributed by atoms with van der Waals surface area (Å²) < 4.78 is 12.9. The molecule has 0 aliphatic rings. The van der Waals surface area contributed by atoms with Gasteiger partial charge in [0.05, 0.1) is 6.20 Å². The first-order valence-corrected chi connectivity index (χ1v) is 7.21. The molecule has 0 radical (unpaired) electrons. The van der Waals surface area contributed by atoms with Crippen molar-refractivity contribution in [3.05, 3.63) is 71.7 Å². The fraction of sp³-hybridized carbons (Fsp3) is 0.118. The van der Waals surface area contributed by atoms with Crippen molar-refractivity contribution in [3.63, 3.8) is 0 Å². The van der Waals surface area contributed by atoms with Gasteiger partial charge in [-0.3, -0.25) is 0 Å². The zero-order chi connectivity index (χ0) is 16.1. The van der Waals surface area contributed by atoms with Gasteiger partial charge in [0, 0.05) is 12.2 Å². The van der Waals surface area contributed by atoms with E-state index in [1.807, 2.05) is 31.2 Å². The van der Waals surface area contributed by atoms with Crippen LogP contribution in [-0.4, -0.2) is 15.2 Å². The Morgan fingerprint density at radius 3 is 2.48 bits per heavy atom. The molecule has 0 amide bonds. The van der Waals surface area contributed by atoms with E-state index in [-0.39, 0.29) is 5.82 Å². The predicted molar refractivity (Wildman–Crippen MR) is 88.0 cm³/mol. The van der Waals surface area contributed by atoms with Gasteiger partial charge < -0.3 is 10.6 Å². The number of anilines is 3. The van der Waals surface area contributed by atoms with E-state index in [1.54, 1.807) is 18.3 Å². The molecule has 0 fully saturated rings. The van der Waals surface area contributed by atoms with E-state index in [1.165, 1.54) is 17.7 Å². The largest absolute Gasteiger partial charge is 0.365 e. The fourth-order valence-electron chi connectivity index (χ4n) is 2.00. The lowest BCUT2D eigenvalue weighted by Crippen LogP contribution is -2.05. The smallest absolute Gasteiger partial charge is 0.249 e. The third-order valence-corrected chi connectivity index (χ3v) is 3.25. The molecule has 0 spiro atoms. The van der Waals surface area contributed by atoms with Crippen molar-refractivity contribution in [1.82, 2.24) is 15.2 Å². The van der Waals surface area contributed by atoms with Crippen LogP contribution in [0.25, 0.3) is 0 Å². The lowest BCUT2D eigenvalue weighted by Gasteiger charge is -2.08. The summed E-state index contributed by atoms with van der Waals surface area (Å²) >= 11 is 0. The molecule has 3 aromatic rings. The fourth-order valence-corrected chi connectivity index (χ4v) is 2.00. The zero-order valence-electron chi connectivity index (χ0n) is 12.6. The lowest BCUT2D eigenvalue weighted by molar-refractivity contribution is 0.627. The maximum Gasteiger partial charge on any atom is 0.249 e. The predicted octanol–water partition coefficient (Wildman–Crippen LogP) is 3.67. The number of nitrogens with one attached hydrogen (secondary N) is 2. The van der Waals surface area contributed by atoms with Gasteiger partial charge in [0.2, 0.25) is 5.95 Å². The van der Waals surface area contributed by atoms with Crippen LogP contribution in [0.15, 0.2) is 54.7 Å². The highest BCUT2D eigenvalue weighted by Gasteiger charge is 2.02. The van der Waals surface area contributed by atoms with Crippen molar-refractivity contribution in [2.75, 3.05) is 10.6 Å². The highest BCUT2D eigenvalue weighted by Crippen LogP contribution is 2.14. The van der Waals surface area contributed by atoms with Crippen molar-refractivity contribution in [3.8, 4) is 0 Å². The Morgan fingerprint density at radius 2 is 1.74 bits per heavy atom. The summed E-state index contributed by atoms with van der Waals surface area (Å²) in [6, 6.07) is 14.2. The van der Waals surface area contributed by atoms with Gasteiger partial charge in [-0.15, -0.1) is 5.10 Å². The Hall–Kier alpha value is -3.02. The monoisotopic (exact) mass is 309 g/mol. The summed E-state index contributed by atoms with van der Waals surface area (Å²) in [6.45, 7) is 2.56. The van der Waals surface area contributed by atoms with Crippen molar-refractivity contribution in [2.24, 2.45) is 0 Å². The summed E-state index contributed by atoms with van der Waals surface area (Å²) in [4.78, 5) is 4.35. The molecule has 116 valence electrons. The maximum atomic E-state index is 12.9. The van der Waals surface area contributed by atoms with Crippen molar-refractivity contribution in [1.29, 1.82) is 0 Å². The quantitative estimate of drug-likeness (QED) is 0.753. The SMILES string of the molecule is Cc1ccc(Nc2nncc(NCc3ccc(F)cc3)n2)cc1. The van der Waals surface area contributed by atoms with E-state index in [0.717, 1.165) is 11.3 Å². The molecule has 0 bridgehead atoms. The molecule has 0 unspecified atom stereocenters. The van der Waals surface area contributed by atoms with E-state index in [0.29, 0.717) is 18.3 Å². The van der Waals surface area contributed by atoms with Crippen LogP contribution in [0.5, 0.6) is 0 Å². The number of aryl methyl sites for hydroxylation is 1. The summed E-state index contributed by atoms with van der Waals surface area (Å²) in [5.41, 5.74) is 3.04. The van der Waals surface area contributed by atoms with Crippen molar-refractivity contribution < 1.29 is 4.39 Å². The number of aromatic nitrogens is 3. The minimum absolute atomic E-state index is 0.248. The number of nitrogens with zero attached hydrogens (tertiary/aromatic N) is 3. The van der Waals surface area contributed by atoms with Gasteiger partial charge in [-0.1, -0.05) is 29.8 Å². The van der Waals surface area contributed by atoms with E-state index in [9.17, 15) is 4.39 Å². The highest BCUT2D eigenvalue weighted by atomic mass is 19.1. The second-order valence-electron chi connectivity index (χ2n) is 5.14. The first-order valence-electron chi connectivity index (χ1n) is 7.21. The molecule has 0 saturated carbocycles. The Morgan fingerprint density at radius 1 is 1.00 bits per heavy atom. The van der Waals surface area contributed by atoms with Crippen LogP contribution < -0.4 is 10.6 Å². The molecule has 23 heavy (non-hydrogen) atoms. The minimum Gasteiger partial charge on any atom is -0.365 e. The Labute approximate surface area is 133 Å².